The highest BCUT2D eigenvalue weighted by Crippen LogP contribution is 2.20. The maximum Gasteiger partial charge on any atom is 0.271 e. The van der Waals surface area contributed by atoms with Crippen LogP contribution in [0.15, 0.2) is 77.7 Å². The Kier molecular flexibility index (Phi) is 6.24. The molecular weight excluding hydrogens is 406 g/mol. The minimum atomic E-state index is -3.84. The number of hydrogen-bond donors (Lipinski definition) is 2. The van der Waals surface area contributed by atoms with E-state index in [0.29, 0.717) is 5.56 Å². The lowest BCUT2D eigenvalue weighted by atomic mass is 10.1. The average Bonchev–Trinajstić information content (AvgIpc) is 2.73. The van der Waals surface area contributed by atoms with Crippen molar-refractivity contribution in [1.29, 1.82) is 0 Å². The lowest BCUT2D eigenvalue weighted by Crippen LogP contribution is -2.24. The highest BCUT2D eigenvalue weighted by Gasteiger charge is 2.18. The van der Waals surface area contributed by atoms with Gasteiger partial charge in [0.25, 0.3) is 11.6 Å². The molecule has 3 aromatic carbocycles. The van der Waals surface area contributed by atoms with Crippen LogP contribution in [0.5, 0.6) is 0 Å². The molecule has 2 N–H and O–H groups in total. The van der Waals surface area contributed by atoms with E-state index in [0.717, 1.165) is 5.56 Å². The molecule has 0 saturated heterocycles. The van der Waals surface area contributed by atoms with Gasteiger partial charge in [-0.15, -0.1) is 0 Å². The summed E-state index contributed by atoms with van der Waals surface area (Å²) in [5, 5.41) is 13.5. The zero-order chi connectivity index (χ0) is 21.7. The molecule has 0 atom stereocenters. The Labute approximate surface area is 173 Å². The largest absolute Gasteiger partial charge is 0.322 e. The molecule has 0 saturated carbocycles. The van der Waals surface area contributed by atoms with Crippen molar-refractivity contribution in [2.75, 3.05) is 5.32 Å². The van der Waals surface area contributed by atoms with Gasteiger partial charge in [-0.05, 0) is 36.2 Å². The maximum atomic E-state index is 12.7. The summed E-state index contributed by atoms with van der Waals surface area (Å²) in [5.41, 5.74) is 1.61. The van der Waals surface area contributed by atoms with E-state index in [1.54, 1.807) is 25.1 Å². The minimum Gasteiger partial charge on any atom is -0.322 e. The van der Waals surface area contributed by atoms with Gasteiger partial charge in [-0.3, -0.25) is 14.9 Å². The van der Waals surface area contributed by atoms with E-state index >= 15 is 0 Å². The van der Waals surface area contributed by atoms with E-state index in [-0.39, 0.29) is 28.4 Å². The fourth-order valence-corrected chi connectivity index (χ4v) is 3.81. The predicted molar refractivity (Wildman–Crippen MR) is 113 cm³/mol. The molecule has 0 aliphatic carbocycles. The molecule has 0 unspecified atom stereocenters. The van der Waals surface area contributed by atoms with Crippen LogP contribution in [0.25, 0.3) is 0 Å². The van der Waals surface area contributed by atoms with Crippen molar-refractivity contribution in [1.82, 2.24) is 4.72 Å². The first-order valence-electron chi connectivity index (χ1n) is 8.96. The van der Waals surface area contributed by atoms with Crippen molar-refractivity contribution in [2.45, 2.75) is 18.4 Å². The Morgan fingerprint density at radius 3 is 2.43 bits per heavy atom. The summed E-state index contributed by atoms with van der Waals surface area (Å²) >= 11 is 0. The van der Waals surface area contributed by atoms with E-state index in [1.165, 1.54) is 36.4 Å². The van der Waals surface area contributed by atoms with E-state index in [4.69, 9.17) is 0 Å². The third-order valence-electron chi connectivity index (χ3n) is 4.39. The molecule has 1 amide bonds. The Bertz CT molecular complexity index is 1190. The first kappa shape index (κ1) is 21.2. The van der Waals surface area contributed by atoms with Gasteiger partial charge in [0.2, 0.25) is 10.0 Å². The highest BCUT2D eigenvalue weighted by molar-refractivity contribution is 7.89. The first-order chi connectivity index (χ1) is 14.3. The molecule has 0 spiro atoms. The second kappa shape index (κ2) is 8.85. The molecular formula is C21H19N3O5S. The summed E-state index contributed by atoms with van der Waals surface area (Å²) in [4.78, 5) is 23.0. The molecule has 8 nitrogen and oxygen atoms in total. The second-order valence-electron chi connectivity index (χ2n) is 6.55. The molecule has 0 aliphatic rings. The standard InChI is InChI=1S/C21H19N3O5S/c1-15-10-11-19(30(28,29)22-14-16-6-3-2-4-7-16)13-20(15)21(25)23-17-8-5-9-18(12-17)24(26)27/h2-13,22H,14H2,1H3,(H,23,25). The SMILES string of the molecule is Cc1ccc(S(=O)(=O)NCc2ccccc2)cc1C(=O)Nc1cccc([N+](=O)[O-])c1. The number of nitro benzene ring substituents is 1. The number of amides is 1. The predicted octanol–water partition coefficient (Wildman–Crippen LogP) is 3.63. The molecule has 0 radical (unpaired) electrons. The summed E-state index contributed by atoms with van der Waals surface area (Å²) in [7, 11) is -3.84. The number of sulfonamides is 1. The third-order valence-corrected chi connectivity index (χ3v) is 5.79. The zero-order valence-corrected chi connectivity index (χ0v) is 16.8. The van der Waals surface area contributed by atoms with Crippen LogP contribution >= 0.6 is 0 Å². The topological polar surface area (TPSA) is 118 Å². The van der Waals surface area contributed by atoms with Crippen LogP contribution in [-0.2, 0) is 16.6 Å². The summed E-state index contributed by atoms with van der Waals surface area (Å²) in [6.45, 7) is 1.79. The first-order valence-corrected chi connectivity index (χ1v) is 10.4. The van der Waals surface area contributed by atoms with Crippen molar-refractivity contribution < 1.29 is 18.1 Å². The van der Waals surface area contributed by atoms with Gasteiger partial charge in [0, 0.05) is 29.9 Å². The lowest BCUT2D eigenvalue weighted by molar-refractivity contribution is -0.384. The fraction of sp³-hybridized carbons (Fsp3) is 0.0952. The zero-order valence-electron chi connectivity index (χ0n) is 16.0. The molecule has 3 rings (SSSR count). The normalized spacial score (nSPS) is 11.1. The van der Waals surface area contributed by atoms with Crippen molar-refractivity contribution >= 4 is 27.3 Å². The molecule has 0 aliphatic heterocycles. The average molecular weight is 425 g/mol. The van der Waals surface area contributed by atoms with Crippen molar-refractivity contribution in [3.63, 3.8) is 0 Å². The van der Waals surface area contributed by atoms with Gasteiger partial charge < -0.3 is 5.32 Å². The Morgan fingerprint density at radius 2 is 1.73 bits per heavy atom. The number of benzene rings is 3. The van der Waals surface area contributed by atoms with Crippen LogP contribution in [0.1, 0.15) is 21.5 Å². The summed E-state index contributed by atoms with van der Waals surface area (Å²) < 4.78 is 27.8. The number of carbonyl (C=O) groups excluding carboxylic acids is 1. The van der Waals surface area contributed by atoms with Crippen molar-refractivity contribution in [3.8, 4) is 0 Å². The van der Waals surface area contributed by atoms with Gasteiger partial charge >= 0.3 is 0 Å². The van der Waals surface area contributed by atoms with Crippen molar-refractivity contribution in [3.05, 3.63) is 99.6 Å². The lowest BCUT2D eigenvalue weighted by Gasteiger charge is -2.11. The number of aryl methyl sites for hydroxylation is 1. The van der Waals surface area contributed by atoms with Crippen molar-refractivity contribution in [2.24, 2.45) is 0 Å². The number of carbonyl (C=O) groups is 1. The van der Waals surface area contributed by atoms with Crippen LogP contribution in [-0.4, -0.2) is 19.2 Å². The molecule has 0 aromatic heterocycles. The van der Waals surface area contributed by atoms with E-state index in [1.807, 2.05) is 18.2 Å². The van der Waals surface area contributed by atoms with Crippen LogP contribution in [0.3, 0.4) is 0 Å². The number of nitrogens with zero attached hydrogens (tertiary/aromatic N) is 1. The molecule has 154 valence electrons. The van der Waals surface area contributed by atoms with Gasteiger partial charge in [0.1, 0.15) is 0 Å². The van der Waals surface area contributed by atoms with E-state index in [2.05, 4.69) is 10.0 Å². The summed E-state index contributed by atoms with van der Waals surface area (Å²) in [5.74, 6) is -0.562. The third kappa shape index (κ3) is 5.07. The van der Waals surface area contributed by atoms with Gasteiger partial charge in [0.05, 0.1) is 9.82 Å². The monoisotopic (exact) mass is 425 g/mol. The van der Waals surface area contributed by atoms with Gasteiger partial charge in [0.15, 0.2) is 0 Å². The molecule has 0 bridgehead atoms. The summed E-state index contributed by atoms with van der Waals surface area (Å²) in [6, 6.07) is 18.8. The molecule has 0 heterocycles. The minimum absolute atomic E-state index is 0.0479. The van der Waals surface area contributed by atoms with E-state index in [9.17, 15) is 23.3 Å². The maximum absolute atomic E-state index is 12.7. The Hall–Kier alpha value is -3.56. The summed E-state index contributed by atoms with van der Waals surface area (Å²) in [6.07, 6.45) is 0. The highest BCUT2D eigenvalue weighted by atomic mass is 32.2. The quantitative estimate of drug-likeness (QED) is 0.443. The molecule has 3 aromatic rings. The van der Waals surface area contributed by atoms with Crippen LogP contribution in [0.4, 0.5) is 11.4 Å². The van der Waals surface area contributed by atoms with Gasteiger partial charge in [-0.2, -0.15) is 0 Å². The smallest absolute Gasteiger partial charge is 0.271 e. The number of hydrogen-bond acceptors (Lipinski definition) is 5. The Balaban J connectivity index is 1.81. The number of anilines is 1. The number of non-ortho nitro benzene ring substituents is 1. The Morgan fingerprint density at radius 1 is 1.00 bits per heavy atom. The van der Waals surface area contributed by atoms with Gasteiger partial charge in [-0.1, -0.05) is 42.5 Å². The van der Waals surface area contributed by atoms with Gasteiger partial charge in [-0.25, -0.2) is 13.1 Å². The number of nitrogens with one attached hydrogen (secondary N) is 2. The number of nitro groups is 1. The van der Waals surface area contributed by atoms with Crippen LogP contribution < -0.4 is 10.0 Å². The van der Waals surface area contributed by atoms with Crippen LogP contribution in [0.2, 0.25) is 0 Å². The number of rotatable bonds is 7. The van der Waals surface area contributed by atoms with E-state index < -0.39 is 20.9 Å². The second-order valence-corrected chi connectivity index (χ2v) is 8.32. The molecule has 30 heavy (non-hydrogen) atoms. The molecule has 0 fully saturated rings. The molecule has 9 heteroatoms. The van der Waals surface area contributed by atoms with Crippen LogP contribution in [0, 0.1) is 17.0 Å². The fourth-order valence-electron chi connectivity index (χ4n) is 2.77.